The summed E-state index contributed by atoms with van der Waals surface area (Å²) in [5.74, 6) is 2.04. The van der Waals surface area contributed by atoms with Crippen molar-refractivity contribution < 1.29 is 4.74 Å². The van der Waals surface area contributed by atoms with Crippen molar-refractivity contribution in [2.45, 2.75) is 6.42 Å². The molecule has 1 rings (SSSR count). The largest absolute Gasteiger partial charge is 0.494 e. The molecule has 0 spiro atoms. The highest BCUT2D eigenvalue weighted by Gasteiger charge is 2.05. The van der Waals surface area contributed by atoms with Crippen molar-refractivity contribution in [3.8, 4) is 5.75 Å². The third kappa shape index (κ3) is 5.34. The summed E-state index contributed by atoms with van der Waals surface area (Å²) in [6.45, 7) is 2.89. The van der Waals surface area contributed by atoms with Gasteiger partial charge in [0.15, 0.2) is 0 Å². The van der Waals surface area contributed by atoms with Gasteiger partial charge in [-0.15, -0.1) is 23.2 Å². The summed E-state index contributed by atoms with van der Waals surface area (Å²) in [5.41, 5.74) is 6.52. The number of alkyl halides is 2. The second kappa shape index (κ2) is 9.31. The van der Waals surface area contributed by atoms with E-state index in [4.69, 9.17) is 33.7 Å². The standard InChI is InChI=1S/C13H20Cl2N2O/c14-6-9-17(10-7-15)12-2-4-13(5-3-12)18-11-1-8-16/h2-5H,1,6-11,16H2. The van der Waals surface area contributed by atoms with E-state index < -0.39 is 0 Å². The predicted octanol–water partition coefficient (Wildman–Crippen LogP) is 2.70. The maximum atomic E-state index is 5.78. The highest BCUT2D eigenvalue weighted by atomic mass is 35.5. The van der Waals surface area contributed by atoms with Crippen LogP contribution in [-0.2, 0) is 0 Å². The third-order valence-corrected chi connectivity index (χ3v) is 2.87. The minimum Gasteiger partial charge on any atom is -0.494 e. The van der Waals surface area contributed by atoms with Crippen molar-refractivity contribution in [1.82, 2.24) is 0 Å². The van der Waals surface area contributed by atoms with Crippen LogP contribution in [0.1, 0.15) is 6.42 Å². The summed E-state index contributed by atoms with van der Waals surface area (Å²) in [6, 6.07) is 7.97. The molecule has 0 saturated carbocycles. The molecule has 0 fully saturated rings. The fourth-order valence-corrected chi connectivity index (χ4v) is 2.01. The molecule has 0 aromatic heterocycles. The van der Waals surface area contributed by atoms with Gasteiger partial charge in [-0.05, 0) is 37.2 Å². The van der Waals surface area contributed by atoms with Crippen LogP contribution >= 0.6 is 23.2 Å². The minimum absolute atomic E-state index is 0.589. The van der Waals surface area contributed by atoms with E-state index >= 15 is 0 Å². The Morgan fingerprint density at radius 3 is 2.17 bits per heavy atom. The first-order valence-corrected chi connectivity index (χ1v) is 7.18. The van der Waals surface area contributed by atoms with Crippen LogP contribution in [-0.4, -0.2) is 38.0 Å². The van der Waals surface area contributed by atoms with E-state index in [1.807, 2.05) is 24.3 Å². The molecule has 1 aromatic rings. The van der Waals surface area contributed by atoms with Gasteiger partial charge in [-0.25, -0.2) is 0 Å². The number of rotatable bonds is 9. The van der Waals surface area contributed by atoms with Gasteiger partial charge in [-0.3, -0.25) is 0 Å². The number of benzene rings is 1. The van der Waals surface area contributed by atoms with Crippen molar-refractivity contribution in [3.05, 3.63) is 24.3 Å². The Hall–Kier alpha value is -0.640. The molecule has 2 N–H and O–H groups in total. The first-order chi connectivity index (χ1) is 8.81. The van der Waals surface area contributed by atoms with Crippen LogP contribution in [0.3, 0.4) is 0 Å². The van der Waals surface area contributed by atoms with Gasteiger partial charge in [0.05, 0.1) is 6.61 Å². The second-order valence-electron chi connectivity index (χ2n) is 3.85. The molecule has 0 amide bonds. The highest BCUT2D eigenvalue weighted by molar-refractivity contribution is 6.18. The summed E-state index contributed by atoms with van der Waals surface area (Å²) in [6.07, 6.45) is 0.867. The number of nitrogens with zero attached hydrogens (tertiary/aromatic N) is 1. The van der Waals surface area contributed by atoms with Gasteiger partial charge in [-0.2, -0.15) is 0 Å². The van der Waals surface area contributed by atoms with E-state index in [1.165, 1.54) is 0 Å². The van der Waals surface area contributed by atoms with Gasteiger partial charge in [0, 0.05) is 30.5 Å². The van der Waals surface area contributed by atoms with Crippen LogP contribution < -0.4 is 15.4 Å². The van der Waals surface area contributed by atoms with E-state index in [0.29, 0.717) is 24.9 Å². The summed E-state index contributed by atoms with van der Waals surface area (Å²) >= 11 is 11.6. The Morgan fingerprint density at radius 2 is 1.67 bits per heavy atom. The molecule has 1 aromatic carbocycles. The molecule has 18 heavy (non-hydrogen) atoms. The van der Waals surface area contributed by atoms with E-state index in [9.17, 15) is 0 Å². The number of ether oxygens (including phenoxy) is 1. The Balaban J connectivity index is 2.56. The molecule has 0 aliphatic carbocycles. The fourth-order valence-electron chi connectivity index (χ4n) is 1.60. The average molecular weight is 291 g/mol. The summed E-state index contributed by atoms with van der Waals surface area (Å²) in [7, 11) is 0. The van der Waals surface area contributed by atoms with Gasteiger partial charge >= 0.3 is 0 Å². The second-order valence-corrected chi connectivity index (χ2v) is 4.61. The molecule has 0 aliphatic heterocycles. The van der Waals surface area contributed by atoms with Gasteiger partial charge < -0.3 is 15.4 Å². The first-order valence-electron chi connectivity index (χ1n) is 6.11. The lowest BCUT2D eigenvalue weighted by atomic mass is 10.2. The molecule has 5 heteroatoms. The zero-order valence-electron chi connectivity index (χ0n) is 10.4. The van der Waals surface area contributed by atoms with Crippen LogP contribution in [0.2, 0.25) is 0 Å². The first kappa shape index (κ1) is 15.4. The molecule has 0 atom stereocenters. The predicted molar refractivity (Wildman–Crippen MR) is 79.3 cm³/mol. The van der Waals surface area contributed by atoms with Crippen LogP contribution in [0.5, 0.6) is 5.75 Å². The van der Waals surface area contributed by atoms with Crippen molar-refractivity contribution in [3.63, 3.8) is 0 Å². The van der Waals surface area contributed by atoms with E-state index in [1.54, 1.807) is 0 Å². The zero-order chi connectivity index (χ0) is 13.2. The Kier molecular flexibility index (Phi) is 7.98. The van der Waals surface area contributed by atoms with E-state index in [-0.39, 0.29) is 0 Å². The molecule has 0 saturated heterocycles. The Bertz CT molecular complexity index is 313. The van der Waals surface area contributed by atoms with Gasteiger partial charge in [0.2, 0.25) is 0 Å². The number of hydrogen-bond acceptors (Lipinski definition) is 3. The Labute approximate surface area is 119 Å². The number of nitrogens with two attached hydrogens (primary N) is 1. The van der Waals surface area contributed by atoms with Gasteiger partial charge in [0.1, 0.15) is 5.75 Å². The number of halogens is 2. The van der Waals surface area contributed by atoms with Gasteiger partial charge in [0.25, 0.3) is 0 Å². The highest BCUT2D eigenvalue weighted by Crippen LogP contribution is 2.19. The minimum atomic E-state index is 0.589. The monoisotopic (exact) mass is 290 g/mol. The molecule has 0 unspecified atom stereocenters. The quantitative estimate of drug-likeness (QED) is 0.561. The average Bonchev–Trinajstić information content (AvgIpc) is 2.40. The van der Waals surface area contributed by atoms with E-state index in [2.05, 4.69) is 4.90 Å². The van der Waals surface area contributed by atoms with Crippen molar-refractivity contribution in [2.75, 3.05) is 42.9 Å². The molecule has 0 bridgehead atoms. The smallest absolute Gasteiger partial charge is 0.119 e. The lowest BCUT2D eigenvalue weighted by Crippen LogP contribution is -2.27. The molecule has 102 valence electrons. The maximum Gasteiger partial charge on any atom is 0.119 e. The van der Waals surface area contributed by atoms with E-state index in [0.717, 1.165) is 30.9 Å². The SMILES string of the molecule is NCCCOc1ccc(N(CCCl)CCCl)cc1. The summed E-state index contributed by atoms with van der Waals surface area (Å²) in [4.78, 5) is 2.16. The molecule has 0 aliphatic rings. The lowest BCUT2D eigenvalue weighted by Gasteiger charge is -2.23. The maximum absolute atomic E-state index is 5.78. The Morgan fingerprint density at radius 1 is 1.06 bits per heavy atom. The number of hydrogen-bond donors (Lipinski definition) is 1. The van der Waals surface area contributed by atoms with Gasteiger partial charge in [-0.1, -0.05) is 0 Å². The molecular weight excluding hydrogens is 271 g/mol. The lowest BCUT2D eigenvalue weighted by molar-refractivity contribution is 0.313. The molecule has 3 nitrogen and oxygen atoms in total. The molecule has 0 heterocycles. The van der Waals surface area contributed by atoms with Crippen LogP contribution in [0.25, 0.3) is 0 Å². The van der Waals surface area contributed by atoms with Crippen molar-refractivity contribution >= 4 is 28.9 Å². The molecule has 0 radical (unpaired) electrons. The van der Waals surface area contributed by atoms with Crippen molar-refractivity contribution in [1.29, 1.82) is 0 Å². The van der Waals surface area contributed by atoms with Crippen LogP contribution in [0, 0.1) is 0 Å². The zero-order valence-corrected chi connectivity index (χ0v) is 12.0. The topological polar surface area (TPSA) is 38.5 Å². The normalized spacial score (nSPS) is 10.4. The number of anilines is 1. The summed E-state index contributed by atoms with van der Waals surface area (Å²) < 4.78 is 5.55. The fraction of sp³-hybridized carbons (Fsp3) is 0.538. The summed E-state index contributed by atoms with van der Waals surface area (Å²) in [5, 5.41) is 0. The van der Waals surface area contributed by atoms with Crippen LogP contribution in [0.15, 0.2) is 24.3 Å². The van der Waals surface area contributed by atoms with Crippen LogP contribution in [0.4, 0.5) is 5.69 Å². The van der Waals surface area contributed by atoms with Crippen molar-refractivity contribution in [2.24, 2.45) is 5.73 Å². The molecular formula is C13H20Cl2N2O. The third-order valence-electron chi connectivity index (χ3n) is 2.53.